The highest BCUT2D eigenvalue weighted by Gasteiger charge is 2.14. The van der Waals surface area contributed by atoms with Gasteiger partial charge in [-0.05, 0) is 36.4 Å². The molecule has 0 aliphatic heterocycles. The van der Waals surface area contributed by atoms with Crippen LogP contribution < -0.4 is 11.1 Å². The Balaban J connectivity index is 2.34. The van der Waals surface area contributed by atoms with Crippen molar-refractivity contribution in [1.29, 1.82) is 0 Å². The highest BCUT2D eigenvalue weighted by atomic mass is 79.9. The second-order valence-corrected chi connectivity index (χ2v) is 5.14. The zero-order chi connectivity index (χ0) is 14.0. The Hall–Kier alpha value is -1.53. The number of nitrogens with two attached hydrogens (primary N) is 1. The van der Waals surface area contributed by atoms with Crippen molar-refractivity contribution in [3.63, 3.8) is 0 Å². The zero-order valence-corrected chi connectivity index (χ0v) is 12.0. The number of benzene rings is 2. The molecule has 0 atom stereocenters. The van der Waals surface area contributed by atoms with Gasteiger partial charge in [-0.15, -0.1) is 0 Å². The van der Waals surface area contributed by atoms with Gasteiger partial charge in [0.1, 0.15) is 4.99 Å². The molecule has 98 valence electrons. The molecule has 0 spiro atoms. The third kappa shape index (κ3) is 3.08. The van der Waals surface area contributed by atoms with Gasteiger partial charge < -0.3 is 11.1 Å². The molecule has 2 aromatic rings. The molecule has 0 bridgehead atoms. The molecule has 2 aromatic carbocycles. The molecule has 0 aromatic heterocycles. The summed E-state index contributed by atoms with van der Waals surface area (Å²) in [7, 11) is 0. The van der Waals surface area contributed by atoms with Crippen LogP contribution in [0.25, 0.3) is 0 Å². The fraction of sp³-hybridized carbons (Fsp3) is 0. The smallest absolute Gasteiger partial charge is 0.182 e. The van der Waals surface area contributed by atoms with Gasteiger partial charge in [0.05, 0.1) is 5.69 Å². The first-order valence-corrected chi connectivity index (χ1v) is 6.49. The molecule has 2 nitrogen and oxygen atoms in total. The average molecular weight is 343 g/mol. The molecule has 19 heavy (non-hydrogen) atoms. The van der Waals surface area contributed by atoms with Gasteiger partial charge in [-0.25, -0.2) is 8.78 Å². The number of anilines is 2. The van der Waals surface area contributed by atoms with Crippen molar-refractivity contribution in [2.75, 3.05) is 5.32 Å². The predicted molar refractivity (Wildman–Crippen MR) is 79.7 cm³/mol. The summed E-state index contributed by atoms with van der Waals surface area (Å²) in [6.45, 7) is 0. The Morgan fingerprint density at radius 2 is 1.68 bits per heavy atom. The summed E-state index contributed by atoms with van der Waals surface area (Å²) in [6.07, 6.45) is 0. The summed E-state index contributed by atoms with van der Waals surface area (Å²) >= 11 is 7.93. The maximum atomic E-state index is 13.8. The third-order valence-corrected chi connectivity index (χ3v) is 3.22. The van der Waals surface area contributed by atoms with Crippen LogP contribution in [-0.4, -0.2) is 4.99 Å². The second kappa shape index (κ2) is 5.63. The predicted octanol–water partition coefficient (Wildman–Crippen LogP) is 4.11. The summed E-state index contributed by atoms with van der Waals surface area (Å²) in [5.41, 5.74) is 5.87. The van der Waals surface area contributed by atoms with Crippen molar-refractivity contribution in [2.45, 2.75) is 0 Å². The molecule has 0 aliphatic carbocycles. The Morgan fingerprint density at radius 3 is 2.26 bits per heavy atom. The third-order valence-electron chi connectivity index (χ3n) is 2.47. The number of thiocarbonyl (C=S) groups is 1. The minimum atomic E-state index is -1.05. The van der Waals surface area contributed by atoms with Gasteiger partial charge in [-0.2, -0.15) is 0 Å². The van der Waals surface area contributed by atoms with Crippen LogP contribution in [0.2, 0.25) is 0 Å². The summed E-state index contributed by atoms with van der Waals surface area (Å²) in [4.78, 5) is -0.174. The molecule has 0 saturated carbocycles. The van der Waals surface area contributed by atoms with E-state index >= 15 is 0 Å². The lowest BCUT2D eigenvalue weighted by Gasteiger charge is -2.10. The van der Waals surface area contributed by atoms with E-state index in [0.717, 1.165) is 4.47 Å². The molecule has 0 aliphatic rings. The second-order valence-electron chi connectivity index (χ2n) is 3.78. The van der Waals surface area contributed by atoms with Crippen LogP contribution >= 0.6 is 28.1 Å². The number of halogens is 3. The van der Waals surface area contributed by atoms with Crippen LogP contribution in [0, 0.1) is 11.6 Å². The van der Waals surface area contributed by atoms with Gasteiger partial charge in [-0.3, -0.25) is 0 Å². The fourth-order valence-electron chi connectivity index (χ4n) is 1.53. The Bertz CT molecular complexity index is 629. The summed E-state index contributed by atoms with van der Waals surface area (Å²) in [6, 6.07) is 9.81. The lowest BCUT2D eigenvalue weighted by Crippen LogP contribution is -2.13. The summed E-state index contributed by atoms with van der Waals surface area (Å²) in [5.74, 6) is -2.05. The van der Waals surface area contributed by atoms with Gasteiger partial charge in [-0.1, -0.05) is 28.1 Å². The highest BCUT2D eigenvalue weighted by Crippen LogP contribution is 2.25. The van der Waals surface area contributed by atoms with Crippen LogP contribution in [0.4, 0.5) is 20.2 Å². The number of nitrogens with one attached hydrogen (secondary N) is 1. The lowest BCUT2D eigenvalue weighted by molar-refractivity contribution is 0.510. The van der Waals surface area contributed by atoms with Gasteiger partial charge in [0.2, 0.25) is 0 Å². The van der Waals surface area contributed by atoms with E-state index in [1.54, 1.807) is 24.3 Å². The normalized spacial score (nSPS) is 10.3. The first kappa shape index (κ1) is 13.9. The van der Waals surface area contributed by atoms with Crippen molar-refractivity contribution in [3.05, 3.63) is 58.1 Å². The van der Waals surface area contributed by atoms with Gasteiger partial charge in [0.25, 0.3) is 0 Å². The van der Waals surface area contributed by atoms with Crippen molar-refractivity contribution in [2.24, 2.45) is 5.73 Å². The van der Waals surface area contributed by atoms with E-state index in [-0.39, 0.29) is 16.2 Å². The molecule has 0 radical (unpaired) electrons. The van der Waals surface area contributed by atoms with Crippen molar-refractivity contribution in [1.82, 2.24) is 0 Å². The minimum absolute atomic E-state index is 0.0276. The van der Waals surface area contributed by atoms with E-state index in [0.29, 0.717) is 5.69 Å². The van der Waals surface area contributed by atoms with Crippen LogP contribution in [-0.2, 0) is 0 Å². The minimum Gasteiger partial charge on any atom is -0.389 e. The number of hydrogen-bond donors (Lipinski definition) is 2. The fourth-order valence-corrected chi connectivity index (χ4v) is 1.95. The number of hydrogen-bond acceptors (Lipinski definition) is 2. The lowest BCUT2D eigenvalue weighted by atomic mass is 10.1. The van der Waals surface area contributed by atoms with E-state index in [1.165, 1.54) is 12.1 Å². The Kier molecular flexibility index (Phi) is 4.11. The Labute approximate surface area is 122 Å². The van der Waals surface area contributed by atoms with Gasteiger partial charge in [0.15, 0.2) is 11.6 Å². The van der Waals surface area contributed by atoms with Crippen LogP contribution in [0.15, 0.2) is 40.9 Å². The molecule has 0 unspecified atom stereocenters. The summed E-state index contributed by atoms with van der Waals surface area (Å²) in [5, 5.41) is 2.79. The average Bonchev–Trinajstić information content (AvgIpc) is 2.37. The van der Waals surface area contributed by atoms with Crippen LogP contribution in [0.1, 0.15) is 5.56 Å². The molecule has 2 rings (SSSR count). The molecule has 3 N–H and O–H groups in total. The SMILES string of the molecule is NC(=S)c1ccc(Nc2ccc(Br)cc2)c(F)c1F. The van der Waals surface area contributed by atoms with Gasteiger partial charge in [0, 0.05) is 15.7 Å². The van der Waals surface area contributed by atoms with E-state index in [2.05, 4.69) is 33.5 Å². The van der Waals surface area contributed by atoms with Crippen LogP contribution in [0.5, 0.6) is 0 Å². The quantitative estimate of drug-likeness (QED) is 0.824. The molecule has 0 heterocycles. The highest BCUT2D eigenvalue weighted by molar-refractivity contribution is 9.10. The molecule has 0 saturated heterocycles. The first-order valence-electron chi connectivity index (χ1n) is 5.29. The van der Waals surface area contributed by atoms with E-state index in [9.17, 15) is 8.78 Å². The van der Waals surface area contributed by atoms with E-state index in [1.807, 2.05) is 0 Å². The standard InChI is InChI=1S/C13H9BrF2N2S/c14-7-1-3-8(4-2-7)18-10-6-5-9(13(17)19)11(15)12(10)16/h1-6,18H,(H2,17,19). The maximum Gasteiger partial charge on any atom is 0.182 e. The largest absolute Gasteiger partial charge is 0.389 e. The molecular weight excluding hydrogens is 334 g/mol. The van der Waals surface area contributed by atoms with Crippen molar-refractivity contribution in [3.8, 4) is 0 Å². The first-order chi connectivity index (χ1) is 8.99. The van der Waals surface area contributed by atoms with Crippen molar-refractivity contribution < 1.29 is 8.78 Å². The van der Waals surface area contributed by atoms with Crippen molar-refractivity contribution >= 4 is 44.5 Å². The molecule has 0 fully saturated rings. The topological polar surface area (TPSA) is 38.0 Å². The van der Waals surface area contributed by atoms with E-state index < -0.39 is 11.6 Å². The monoisotopic (exact) mass is 342 g/mol. The van der Waals surface area contributed by atoms with Crippen LogP contribution in [0.3, 0.4) is 0 Å². The summed E-state index contributed by atoms with van der Waals surface area (Å²) < 4.78 is 28.4. The maximum absolute atomic E-state index is 13.8. The molecule has 6 heteroatoms. The van der Waals surface area contributed by atoms with Gasteiger partial charge >= 0.3 is 0 Å². The zero-order valence-electron chi connectivity index (χ0n) is 9.58. The Morgan fingerprint density at radius 1 is 1.05 bits per heavy atom. The van der Waals surface area contributed by atoms with E-state index in [4.69, 9.17) is 5.73 Å². The molecular formula is C13H9BrF2N2S. The number of rotatable bonds is 3. The molecule has 0 amide bonds.